The maximum atomic E-state index is 12.9. The second kappa shape index (κ2) is 8.85. The van der Waals surface area contributed by atoms with E-state index in [2.05, 4.69) is 5.32 Å². The third-order valence-corrected chi connectivity index (χ3v) is 7.37. The van der Waals surface area contributed by atoms with Crippen molar-refractivity contribution in [3.05, 3.63) is 46.7 Å². The summed E-state index contributed by atoms with van der Waals surface area (Å²) in [4.78, 5) is 24.9. The molecule has 1 aliphatic rings. The van der Waals surface area contributed by atoms with E-state index < -0.39 is 15.9 Å². The van der Waals surface area contributed by atoms with E-state index in [1.54, 1.807) is 12.1 Å². The molecule has 9 heteroatoms. The zero-order valence-corrected chi connectivity index (χ0v) is 17.1. The Morgan fingerprint density at radius 3 is 2.64 bits per heavy atom. The van der Waals surface area contributed by atoms with E-state index in [1.807, 2.05) is 17.5 Å². The van der Waals surface area contributed by atoms with E-state index in [0.717, 1.165) is 4.88 Å². The number of piperidine rings is 1. The first-order chi connectivity index (χ1) is 13.4. The monoisotopic (exact) mass is 422 g/mol. The lowest BCUT2D eigenvalue weighted by Crippen LogP contribution is -2.42. The topological polar surface area (TPSA) is 92.8 Å². The fourth-order valence-electron chi connectivity index (χ4n) is 3.16. The molecule has 1 aromatic carbocycles. The molecular weight excluding hydrogens is 400 g/mol. The summed E-state index contributed by atoms with van der Waals surface area (Å²) in [6.07, 6.45) is 1.50. The van der Waals surface area contributed by atoms with E-state index in [4.69, 9.17) is 4.74 Å². The van der Waals surface area contributed by atoms with Crippen LogP contribution in [0.2, 0.25) is 0 Å². The Morgan fingerprint density at radius 1 is 1.25 bits per heavy atom. The molecule has 1 N–H and O–H groups in total. The lowest BCUT2D eigenvalue weighted by molar-refractivity contribution is -0.146. The van der Waals surface area contributed by atoms with Crippen LogP contribution in [0.5, 0.6) is 0 Å². The normalized spacial score (nSPS) is 17.8. The first kappa shape index (κ1) is 20.5. The van der Waals surface area contributed by atoms with Crippen LogP contribution in [0, 0.1) is 5.92 Å². The minimum atomic E-state index is -3.71. The van der Waals surface area contributed by atoms with Gasteiger partial charge >= 0.3 is 5.97 Å². The minimum Gasteiger partial charge on any atom is -0.469 e. The highest BCUT2D eigenvalue weighted by Gasteiger charge is 2.33. The Bertz CT molecular complexity index is 924. The number of carbonyl (C=O) groups excluding carboxylic acids is 2. The van der Waals surface area contributed by atoms with Gasteiger partial charge in [-0.15, -0.1) is 11.3 Å². The van der Waals surface area contributed by atoms with Gasteiger partial charge in [0.15, 0.2) is 0 Å². The molecular formula is C19H22N2O5S2. The van der Waals surface area contributed by atoms with Crippen molar-refractivity contribution in [3.63, 3.8) is 0 Å². The third kappa shape index (κ3) is 4.78. The van der Waals surface area contributed by atoms with Crippen LogP contribution in [0.3, 0.4) is 0 Å². The van der Waals surface area contributed by atoms with Gasteiger partial charge in [-0.05, 0) is 48.6 Å². The molecule has 2 heterocycles. The number of rotatable bonds is 6. The summed E-state index contributed by atoms with van der Waals surface area (Å²) < 4.78 is 31.8. The molecule has 1 saturated heterocycles. The number of nitrogens with one attached hydrogen (secondary N) is 1. The molecule has 2 aromatic rings. The summed E-state index contributed by atoms with van der Waals surface area (Å²) in [5.41, 5.74) is 0.534. The lowest BCUT2D eigenvalue weighted by atomic mass is 10.0. The molecule has 1 amide bonds. The predicted molar refractivity (Wildman–Crippen MR) is 107 cm³/mol. The number of esters is 1. The largest absolute Gasteiger partial charge is 0.469 e. The zero-order valence-electron chi connectivity index (χ0n) is 15.5. The Kier molecular flexibility index (Phi) is 6.48. The molecule has 0 spiro atoms. The third-order valence-electron chi connectivity index (χ3n) is 4.61. The number of methoxy groups -OCH3 is 1. The van der Waals surface area contributed by atoms with Crippen molar-refractivity contribution in [1.29, 1.82) is 0 Å². The summed E-state index contributed by atoms with van der Waals surface area (Å²) in [6.45, 7) is 0.490. The molecule has 1 fully saturated rings. The van der Waals surface area contributed by atoms with E-state index in [9.17, 15) is 18.0 Å². The lowest BCUT2D eigenvalue weighted by Gasteiger charge is -2.30. The summed E-state index contributed by atoms with van der Waals surface area (Å²) in [5.74, 6) is -0.983. The fourth-order valence-corrected chi connectivity index (χ4v) is 5.38. The molecule has 0 unspecified atom stereocenters. The van der Waals surface area contributed by atoms with Crippen LogP contribution in [0.4, 0.5) is 5.69 Å². The van der Waals surface area contributed by atoms with Crippen molar-refractivity contribution in [2.24, 2.45) is 5.92 Å². The van der Waals surface area contributed by atoms with E-state index in [-0.39, 0.29) is 29.7 Å². The number of anilines is 1. The minimum absolute atomic E-state index is 0.119. The van der Waals surface area contributed by atoms with Gasteiger partial charge < -0.3 is 10.1 Å². The molecule has 28 heavy (non-hydrogen) atoms. The van der Waals surface area contributed by atoms with E-state index in [1.165, 1.54) is 34.9 Å². The van der Waals surface area contributed by atoms with Crippen molar-refractivity contribution in [2.45, 2.75) is 24.2 Å². The average Bonchev–Trinajstić information content (AvgIpc) is 3.20. The van der Waals surface area contributed by atoms with Gasteiger partial charge in [0.1, 0.15) is 0 Å². The van der Waals surface area contributed by atoms with Crippen molar-refractivity contribution in [3.8, 4) is 0 Å². The highest BCUT2D eigenvalue weighted by atomic mass is 32.2. The van der Waals surface area contributed by atoms with Gasteiger partial charge in [-0.1, -0.05) is 6.07 Å². The van der Waals surface area contributed by atoms with Crippen molar-refractivity contribution >= 4 is 38.9 Å². The van der Waals surface area contributed by atoms with Crippen LogP contribution >= 0.6 is 11.3 Å². The van der Waals surface area contributed by atoms with Gasteiger partial charge in [0.2, 0.25) is 15.9 Å². The molecule has 3 rings (SSSR count). The quantitative estimate of drug-likeness (QED) is 0.722. The maximum Gasteiger partial charge on any atom is 0.309 e. The number of sulfonamides is 1. The van der Waals surface area contributed by atoms with E-state index >= 15 is 0 Å². The number of carbonyl (C=O) groups is 2. The number of hydrogen-bond acceptors (Lipinski definition) is 6. The number of hydrogen-bond donors (Lipinski definition) is 1. The number of amides is 1. The first-order valence-electron chi connectivity index (χ1n) is 8.90. The van der Waals surface area contributed by atoms with Crippen molar-refractivity contribution < 1.29 is 22.7 Å². The van der Waals surface area contributed by atoms with Crippen LogP contribution in [0.25, 0.3) is 0 Å². The van der Waals surface area contributed by atoms with Gasteiger partial charge in [0, 0.05) is 23.7 Å². The molecule has 0 saturated carbocycles. The molecule has 1 aliphatic heterocycles. The van der Waals surface area contributed by atoms with Crippen molar-refractivity contribution in [1.82, 2.24) is 4.31 Å². The van der Waals surface area contributed by atoms with E-state index in [0.29, 0.717) is 25.1 Å². The predicted octanol–water partition coefficient (Wildman–Crippen LogP) is 2.50. The SMILES string of the molecule is COC(=O)[C@@H]1CCCN(S(=O)(=O)c2ccc(NC(=O)Cc3cccs3)cc2)C1. The van der Waals surface area contributed by atoms with Crippen LogP contribution in [-0.4, -0.2) is 44.8 Å². The Morgan fingerprint density at radius 2 is 2.00 bits per heavy atom. The molecule has 0 aliphatic carbocycles. The van der Waals surface area contributed by atoms with Crippen LogP contribution in [-0.2, 0) is 30.8 Å². The molecule has 150 valence electrons. The molecule has 7 nitrogen and oxygen atoms in total. The molecule has 0 bridgehead atoms. The number of nitrogens with zero attached hydrogens (tertiary/aromatic N) is 1. The van der Waals surface area contributed by atoms with Gasteiger partial charge in [-0.3, -0.25) is 9.59 Å². The summed E-state index contributed by atoms with van der Waals surface area (Å²) in [7, 11) is -2.40. The van der Waals surface area contributed by atoms with Crippen molar-refractivity contribution in [2.75, 3.05) is 25.5 Å². The van der Waals surface area contributed by atoms with Crippen LogP contribution in [0.1, 0.15) is 17.7 Å². The van der Waals surface area contributed by atoms with Crippen LogP contribution < -0.4 is 5.32 Å². The number of benzene rings is 1. The van der Waals surface area contributed by atoms with Gasteiger partial charge in [-0.25, -0.2) is 8.42 Å². The Labute approximate surface area is 168 Å². The second-order valence-electron chi connectivity index (χ2n) is 6.55. The molecule has 1 aromatic heterocycles. The zero-order chi connectivity index (χ0) is 20.1. The van der Waals surface area contributed by atoms with Gasteiger partial charge in [0.05, 0.1) is 24.3 Å². The van der Waals surface area contributed by atoms with Gasteiger partial charge in [-0.2, -0.15) is 4.31 Å². The molecule has 1 atom stereocenters. The summed E-state index contributed by atoms with van der Waals surface area (Å²) >= 11 is 1.51. The molecule has 0 radical (unpaired) electrons. The first-order valence-corrected chi connectivity index (χ1v) is 11.2. The smallest absolute Gasteiger partial charge is 0.309 e. The summed E-state index contributed by atoms with van der Waals surface area (Å²) in [6, 6.07) is 9.86. The van der Waals surface area contributed by atoms with Crippen LogP contribution in [0.15, 0.2) is 46.7 Å². The maximum absolute atomic E-state index is 12.9. The number of thiophene rings is 1. The summed E-state index contributed by atoms with van der Waals surface area (Å²) in [5, 5.41) is 4.68. The second-order valence-corrected chi connectivity index (χ2v) is 9.52. The van der Waals surface area contributed by atoms with Gasteiger partial charge in [0.25, 0.3) is 0 Å². The number of ether oxygens (including phenoxy) is 1. The standard InChI is InChI=1S/C19H22N2O5S2/c1-26-19(23)14-4-2-10-21(13-14)28(24,25)17-8-6-15(7-9-17)20-18(22)12-16-5-3-11-27-16/h3,5-9,11,14H,2,4,10,12-13H2,1H3,(H,20,22)/t14-/m1/s1. The Balaban J connectivity index is 1.66. The highest BCUT2D eigenvalue weighted by molar-refractivity contribution is 7.89. The Hall–Kier alpha value is -2.23. The highest BCUT2D eigenvalue weighted by Crippen LogP contribution is 2.25. The fraction of sp³-hybridized carbons (Fsp3) is 0.368. The average molecular weight is 423 g/mol.